The second-order valence-corrected chi connectivity index (χ2v) is 9.86. The fourth-order valence-electron chi connectivity index (χ4n) is 3.16. The standard InChI is InChI=1S/C10H5F3OS.C8H5BrS.C6H11NO2/c11-10(12,13)9(14)7-3-1-2-6-4-5-15-8(6)7;9-7-3-1-2-6-4-5-10-8(6)7;1-6(8)7-2-4-9-5-3-7/h1-5H;1-5H;2-5H2,1H3. The molecular weight excluding hydrogens is 551 g/mol. The normalized spacial score (nSPS) is 13.6. The van der Waals surface area contributed by atoms with E-state index in [2.05, 4.69) is 45.6 Å². The molecule has 0 radical (unpaired) electrons. The highest BCUT2D eigenvalue weighted by Crippen LogP contribution is 2.30. The molecule has 5 rings (SSSR count). The van der Waals surface area contributed by atoms with Crippen molar-refractivity contribution in [3.05, 3.63) is 69.3 Å². The number of alkyl halides is 3. The summed E-state index contributed by atoms with van der Waals surface area (Å²) in [4.78, 5) is 23.5. The van der Waals surface area contributed by atoms with Gasteiger partial charge < -0.3 is 9.64 Å². The van der Waals surface area contributed by atoms with Crippen LogP contribution < -0.4 is 0 Å². The lowest BCUT2D eigenvalue weighted by molar-refractivity contribution is -0.132. The van der Waals surface area contributed by atoms with E-state index >= 15 is 0 Å². The van der Waals surface area contributed by atoms with E-state index in [-0.39, 0.29) is 11.5 Å². The number of ketones is 1. The van der Waals surface area contributed by atoms with E-state index in [0.29, 0.717) is 23.3 Å². The maximum Gasteiger partial charge on any atom is 0.454 e. The minimum Gasteiger partial charge on any atom is -0.378 e. The third kappa shape index (κ3) is 6.88. The van der Waals surface area contributed by atoms with Crippen LogP contribution in [0.1, 0.15) is 17.3 Å². The van der Waals surface area contributed by atoms with Crippen LogP contribution in [0.3, 0.4) is 0 Å². The van der Waals surface area contributed by atoms with E-state index in [1.54, 1.807) is 40.7 Å². The highest BCUT2D eigenvalue weighted by atomic mass is 79.9. The average Bonchev–Trinajstić information content (AvgIpc) is 3.49. The molecule has 0 bridgehead atoms. The lowest BCUT2D eigenvalue weighted by Gasteiger charge is -2.25. The number of carbonyl (C=O) groups is 2. The van der Waals surface area contributed by atoms with E-state index in [4.69, 9.17) is 4.74 Å². The van der Waals surface area contributed by atoms with Gasteiger partial charge in [0.05, 0.1) is 13.2 Å². The lowest BCUT2D eigenvalue weighted by atomic mass is 10.1. The monoisotopic (exact) mass is 571 g/mol. The molecule has 1 saturated heterocycles. The first-order valence-corrected chi connectivity index (χ1v) is 12.8. The number of benzene rings is 2. The molecule has 0 saturated carbocycles. The first kappa shape index (κ1) is 26.3. The van der Waals surface area contributed by atoms with Crippen LogP contribution in [0.25, 0.3) is 20.2 Å². The minimum atomic E-state index is -4.81. The van der Waals surface area contributed by atoms with Crippen molar-refractivity contribution >= 4 is 70.5 Å². The second-order valence-electron chi connectivity index (χ2n) is 7.17. The molecule has 1 aliphatic heterocycles. The third-order valence-electron chi connectivity index (χ3n) is 4.87. The van der Waals surface area contributed by atoms with E-state index in [0.717, 1.165) is 24.4 Å². The summed E-state index contributed by atoms with van der Waals surface area (Å²) < 4.78 is 44.6. The third-order valence-corrected chi connectivity index (χ3v) is 7.72. The quantitative estimate of drug-likeness (QED) is 0.227. The molecule has 2 aromatic carbocycles. The molecule has 1 amide bonds. The van der Waals surface area contributed by atoms with E-state index < -0.39 is 12.0 Å². The molecule has 0 atom stereocenters. The molecule has 0 N–H and O–H groups in total. The molecule has 3 heterocycles. The number of nitrogens with zero attached hydrogens (tertiary/aromatic N) is 1. The fourth-order valence-corrected chi connectivity index (χ4v) is 5.54. The van der Waals surface area contributed by atoms with Gasteiger partial charge in [-0.3, -0.25) is 9.59 Å². The van der Waals surface area contributed by atoms with Crippen LogP contribution in [0.2, 0.25) is 0 Å². The van der Waals surface area contributed by atoms with Gasteiger partial charge in [0, 0.05) is 39.4 Å². The van der Waals surface area contributed by atoms with Gasteiger partial charge in [-0.1, -0.05) is 24.3 Å². The van der Waals surface area contributed by atoms with Crippen molar-refractivity contribution in [2.75, 3.05) is 26.3 Å². The second kappa shape index (κ2) is 11.9. The number of ether oxygens (including phenoxy) is 1. The number of hydrogen-bond acceptors (Lipinski definition) is 5. The molecule has 34 heavy (non-hydrogen) atoms. The van der Waals surface area contributed by atoms with E-state index in [1.807, 2.05) is 0 Å². The van der Waals surface area contributed by atoms with Gasteiger partial charge in [0.15, 0.2) is 0 Å². The Kier molecular flexibility index (Phi) is 9.24. The van der Waals surface area contributed by atoms with Crippen molar-refractivity contribution in [2.45, 2.75) is 13.1 Å². The van der Waals surface area contributed by atoms with Gasteiger partial charge in [-0.15, -0.1) is 22.7 Å². The average molecular weight is 572 g/mol. The molecule has 0 aliphatic carbocycles. The summed E-state index contributed by atoms with van der Waals surface area (Å²) in [6, 6.07) is 14.4. The zero-order valence-electron chi connectivity index (χ0n) is 18.1. The van der Waals surface area contributed by atoms with Crippen LogP contribution in [0.4, 0.5) is 13.2 Å². The van der Waals surface area contributed by atoms with Crippen LogP contribution in [0.5, 0.6) is 0 Å². The number of carbonyl (C=O) groups excluding carboxylic acids is 2. The summed E-state index contributed by atoms with van der Waals surface area (Å²) in [5.41, 5.74) is -0.269. The van der Waals surface area contributed by atoms with Crippen molar-refractivity contribution in [3.63, 3.8) is 0 Å². The lowest BCUT2D eigenvalue weighted by Crippen LogP contribution is -2.39. The Hall–Kier alpha value is -2.27. The molecule has 1 aliphatic rings. The number of hydrogen-bond donors (Lipinski definition) is 0. The smallest absolute Gasteiger partial charge is 0.378 e. The van der Waals surface area contributed by atoms with E-state index in [1.165, 1.54) is 26.7 Å². The Balaban J connectivity index is 0.000000149. The van der Waals surface area contributed by atoms with Crippen LogP contribution in [0.15, 0.2) is 63.8 Å². The predicted octanol–water partition coefficient (Wildman–Crippen LogP) is 7.18. The molecule has 1 fully saturated rings. The Bertz CT molecular complexity index is 1260. The van der Waals surface area contributed by atoms with Crippen LogP contribution in [-0.2, 0) is 9.53 Å². The summed E-state index contributed by atoms with van der Waals surface area (Å²) in [6.45, 7) is 4.50. The van der Waals surface area contributed by atoms with Gasteiger partial charge in [0.2, 0.25) is 5.91 Å². The molecule has 2 aromatic heterocycles. The van der Waals surface area contributed by atoms with Gasteiger partial charge in [0.1, 0.15) is 0 Å². The Morgan fingerprint density at radius 2 is 1.47 bits per heavy atom. The maximum absolute atomic E-state index is 12.2. The van der Waals surface area contributed by atoms with Gasteiger partial charge in [0.25, 0.3) is 5.78 Å². The summed E-state index contributed by atoms with van der Waals surface area (Å²) >= 11 is 6.39. The number of halogens is 4. The molecule has 0 unspecified atom stereocenters. The van der Waals surface area contributed by atoms with Crippen LogP contribution in [0, 0.1) is 0 Å². The predicted molar refractivity (Wildman–Crippen MR) is 135 cm³/mol. The molecule has 4 nitrogen and oxygen atoms in total. The number of amides is 1. The molecule has 180 valence electrons. The van der Waals surface area contributed by atoms with Crippen molar-refractivity contribution < 1.29 is 27.5 Å². The van der Waals surface area contributed by atoms with Gasteiger partial charge in [-0.25, -0.2) is 0 Å². The van der Waals surface area contributed by atoms with Gasteiger partial charge in [-0.05, 0) is 61.7 Å². The van der Waals surface area contributed by atoms with Gasteiger partial charge in [-0.2, -0.15) is 13.2 Å². The zero-order chi connectivity index (χ0) is 24.7. The minimum absolute atomic E-state index is 0.151. The Morgan fingerprint density at radius 1 is 0.912 bits per heavy atom. The largest absolute Gasteiger partial charge is 0.454 e. The molecule has 4 aromatic rings. The van der Waals surface area contributed by atoms with Crippen LogP contribution in [-0.4, -0.2) is 49.1 Å². The Morgan fingerprint density at radius 3 is 2.00 bits per heavy atom. The number of morpholine rings is 1. The van der Waals surface area contributed by atoms with Crippen molar-refractivity contribution in [1.29, 1.82) is 0 Å². The summed E-state index contributed by atoms with van der Waals surface area (Å²) in [5, 5.41) is 5.75. The summed E-state index contributed by atoms with van der Waals surface area (Å²) in [5.74, 6) is -1.63. The van der Waals surface area contributed by atoms with Gasteiger partial charge >= 0.3 is 6.18 Å². The molecular formula is C24H21BrF3NO3S2. The van der Waals surface area contributed by atoms with Crippen molar-refractivity contribution in [1.82, 2.24) is 4.90 Å². The topological polar surface area (TPSA) is 46.6 Å². The molecule has 10 heteroatoms. The van der Waals surface area contributed by atoms with E-state index in [9.17, 15) is 22.8 Å². The van der Waals surface area contributed by atoms with Crippen molar-refractivity contribution in [3.8, 4) is 0 Å². The maximum atomic E-state index is 12.2. The highest BCUT2D eigenvalue weighted by Gasteiger charge is 2.40. The number of Topliss-reactive ketones (excluding diaryl/α,β-unsaturated/α-hetero) is 1. The first-order chi connectivity index (χ1) is 16.2. The number of rotatable bonds is 1. The highest BCUT2D eigenvalue weighted by molar-refractivity contribution is 9.10. The molecule has 0 spiro atoms. The summed E-state index contributed by atoms with van der Waals surface area (Å²) in [6.07, 6.45) is -4.81. The SMILES string of the molecule is Brc1cccc2ccsc12.CC(=O)N1CCOCC1.O=C(c1cccc2ccsc12)C(F)(F)F. The number of fused-ring (bicyclic) bond motifs is 2. The fraction of sp³-hybridized carbons (Fsp3) is 0.250. The van der Waals surface area contributed by atoms with Crippen LogP contribution >= 0.6 is 38.6 Å². The zero-order valence-corrected chi connectivity index (χ0v) is 21.3. The summed E-state index contributed by atoms with van der Waals surface area (Å²) in [7, 11) is 0. The Labute approximate surface area is 211 Å². The number of thiophene rings is 2. The van der Waals surface area contributed by atoms with Crippen molar-refractivity contribution in [2.24, 2.45) is 0 Å². The first-order valence-electron chi connectivity index (χ1n) is 10.2.